The van der Waals surface area contributed by atoms with Crippen LogP contribution < -0.4 is 20.1 Å². The van der Waals surface area contributed by atoms with E-state index in [1.807, 2.05) is 54.6 Å². The smallest absolute Gasteiger partial charge is 0.254 e. The first kappa shape index (κ1) is 24.1. The number of ether oxygens (including phenoxy) is 3. The predicted molar refractivity (Wildman–Crippen MR) is 134 cm³/mol. The number of hydrogen-bond acceptors (Lipinski definition) is 6. The standard InChI is InChI=1S/C27H29N3O5/c31-26(29-23-8-6-21(7-9-23)27(32)30-14-16-33-17-15-30)20-28-22-10-12-25(13-11-22)35-19-18-34-24-4-2-1-3-5-24/h1-13,28H,14-20H2,(H,29,31). The molecule has 2 N–H and O–H groups in total. The number of carbonyl (C=O) groups excluding carboxylic acids is 2. The second-order valence-corrected chi connectivity index (χ2v) is 7.92. The van der Waals surface area contributed by atoms with Crippen molar-refractivity contribution in [3.8, 4) is 11.5 Å². The van der Waals surface area contributed by atoms with Crippen molar-refractivity contribution in [2.75, 3.05) is 56.7 Å². The molecule has 182 valence electrons. The summed E-state index contributed by atoms with van der Waals surface area (Å²) in [5, 5.41) is 5.92. The Balaban J connectivity index is 1.16. The summed E-state index contributed by atoms with van der Waals surface area (Å²) in [6.45, 7) is 3.31. The largest absolute Gasteiger partial charge is 0.490 e. The zero-order valence-corrected chi connectivity index (χ0v) is 19.4. The molecule has 0 unspecified atom stereocenters. The van der Waals surface area contributed by atoms with E-state index >= 15 is 0 Å². The molecule has 0 bridgehead atoms. The van der Waals surface area contributed by atoms with Gasteiger partial charge in [-0.3, -0.25) is 9.59 Å². The Morgan fingerprint density at radius 1 is 0.771 bits per heavy atom. The van der Waals surface area contributed by atoms with Gasteiger partial charge in [0.1, 0.15) is 24.7 Å². The van der Waals surface area contributed by atoms with Gasteiger partial charge in [0.05, 0.1) is 19.8 Å². The van der Waals surface area contributed by atoms with E-state index in [4.69, 9.17) is 14.2 Å². The first-order valence-corrected chi connectivity index (χ1v) is 11.6. The minimum Gasteiger partial charge on any atom is -0.490 e. The number of benzene rings is 3. The minimum absolute atomic E-state index is 0.0241. The fraction of sp³-hybridized carbons (Fsp3) is 0.259. The van der Waals surface area contributed by atoms with Gasteiger partial charge in [-0.15, -0.1) is 0 Å². The van der Waals surface area contributed by atoms with Crippen molar-refractivity contribution in [2.24, 2.45) is 0 Å². The molecule has 0 saturated carbocycles. The lowest BCUT2D eigenvalue weighted by atomic mass is 10.1. The summed E-state index contributed by atoms with van der Waals surface area (Å²) in [5.74, 6) is 1.33. The third kappa shape index (κ3) is 7.48. The van der Waals surface area contributed by atoms with Crippen molar-refractivity contribution in [1.82, 2.24) is 4.90 Å². The Labute approximate surface area is 204 Å². The van der Waals surface area contributed by atoms with Gasteiger partial charge in [-0.25, -0.2) is 0 Å². The van der Waals surface area contributed by atoms with Gasteiger partial charge in [-0.1, -0.05) is 18.2 Å². The van der Waals surface area contributed by atoms with Gasteiger partial charge in [0.25, 0.3) is 5.91 Å². The van der Waals surface area contributed by atoms with Crippen LogP contribution in [0.2, 0.25) is 0 Å². The van der Waals surface area contributed by atoms with Crippen LogP contribution >= 0.6 is 0 Å². The highest BCUT2D eigenvalue weighted by Crippen LogP contribution is 2.16. The van der Waals surface area contributed by atoms with Crippen LogP contribution in [-0.2, 0) is 9.53 Å². The lowest BCUT2D eigenvalue weighted by Crippen LogP contribution is -2.40. The van der Waals surface area contributed by atoms with Crippen molar-refractivity contribution >= 4 is 23.2 Å². The van der Waals surface area contributed by atoms with Crippen molar-refractivity contribution < 1.29 is 23.8 Å². The lowest BCUT2D eigenvalue weighted by Gasteiger charge is -2.26. The van der Waals surface area contributed by atoms with Gasteiger partial charge < -0.3 is 29.7 Å². The molecule has 3 aromatic carbocycles. The Morgan fingerprint density at radius 3 is 2.03 bits per heavy atom. The molecule has 35 heavy (non-hydrogen) atoms. The van der Waals surface area contributed by atoms with E-state index in [0.29, 0.717) is 50.8 Å². The van der Waals surface area contributed by atoms with E-state index in [-0.39, 0.29) is 18.4 Å². The summed E-state index contributed by atoms with van der Waals surface area (Å²) >= 11 is 0. The van der Waals surface area contributed by atoms with Gasteiger partial charge >= 0.3 is 0 Å². The molecule has 4 rings (SSSR count). The molecule has 1 saturated heterocycles. The topological polar surface area (TPSA) is 89.1 Å². The molecule has 1 fully saturated rings. The normalized spacial score (nSPS) is 13.1. The maximum absolute atomic E-state index is 12.5. The van der Waals surface area contributed by atoms with Crippen LogP contribution in [0, 0.1) is 0 Å². The minimum atomic E-state index is -0.185. The number of nitrogens with one attached hydrogen (secondary N) is 2. The number of hydrogen-bond donors (Lipinski definition) is 2. The summed E-state index contributed by atoms with van der Waals surface area (Å²) < 4.78 is 16.6. The van der Waals surface area contributed by atoms with E-state index in [9.17, 15) is 9.59 Å². The van der Waals surface area contributed by atoms with Crippen molar-refractivity contribution in [3.05, 3.63) is 84.4 Å². The predicted octanol–water partition coefficient (Wildman–Crippen LogP) is 3.67. The molecule has 1 heterocycles. The second kappa shape index (κ2) is 12.4. The number of morpholine rings is 1. The Hall–Kier alpha value is -4.04. The number of carbonyl (C=O) groups is 2. The summed E-state index contributed by atoms with van der Waals surface area (Å²) in [4.78, 5) is 26.6. The van der Waals surface area contributed by atoms with E-state index in [0.717, 1.165) is 17.2 Å². The summed E-state index contributed by atoms with van der Waals surface area (Å²) in [7, 11) is 0. The van der Waals surface area contributed by atoms with Gasteiger partial charge in [0.2, 0.25) is 5.91 Å². The molecular formula is C27H29N3O5. The molecule has 0 spiro atoms. The van der Waals surface area contributed by atoms with E-state index in [1.54, 1.807) is 29.2 Å². The van der Waals surface area contributed by atoms with Crippen LogP contribution in [0.25, 0.3) is 0 Å². The number of nitrogens with zero attached hydrogens (tertiary/aromatic N) is 1. The number of rotatable bonds is 10. The van der Waals surface area contributed by atoms with Gasteiger partial charge in [-0.2, -0.15) is 0 Å². The molecule has 1 aliphatic heterocycles. The molecule has 3 aromatic rings. The molecule has 1 aliphatic rings. The summed E-state index contributed by atoms with van der Waals surface area (Å²) in [6.07, 6.45) is 0. The van der Waals surface area contributed by atoms with E-state index < -0.39 is 0 Å². The highest BCUT2D eigenvalue weighted by atomic mass is 16.5. The first-order chi connectivity index (χ1) is 17.2. The van der Waals surface area contributed by atoms with Crippen LogP contribution in [-0.4, -0.2) is 62.8 Å². The molecule has 0 aromatic heterocycles. The van der Waals surface area contributed by atoms with Crippen molar-refractivity contribution in [2.45, 2.75) is 0 Å². The Morgan fingerprint density at radius 2 is 1.37 bits per heavy atom. The van der Waals surface area contributed by atoms with Crippen LogP contribution in [0.15, 0.2) is 78.9 Å². The average Bonchev–Trinajstić information content (AvgIpc) is 2.92. The summed E-state index contributed by atoms with van der Waals surface area (Å²) in [6, 6.07) is 23.9. The SMILES string of the molecule is O=C(CNc1ccc(OCCOc2ccccc2)cc1)Nc1ccc(C(=O)N2CCOCC2)cc1. The molecular weight excluding hydrogens is 446 g/mol. The van der Waals surface area contributed by atoms with Crippen LogP contribution in [0.4, 0.5) is 11.4 Å². The monoisotopic (exact) mass is 475 g/mol. The maximum atomic E-state index is 12.5. The van der Waals surface area contributed by atoms with Crippen molar-refractivity contribution in [3.63, 3.8) is 0 Å². The number of amides is 2. The number of para-hydroxylation sites is 1. The molecule has 8 nitrogen and oxygen atoms in total. The molecule has 0 atom stereocenters. The molecule has 0 radical (unpaired) electrons. The van der Waals surface area contributed by atoms with E-state index in [1.165, 1.54) is 0 Å². The Kier molecular flexibility index (Phi) is 8.56. The van der Waals surface area contributed by atoms with Gasteiger partial charge in [0.15, 0.2) is 0 Å². The first-order valence-electron chi connectivity index (χ1n) is 11.6. The lowest BCUT2D eigenvalue weighted by molar-refractivity contribution is -0.114. The van der Waals surface area contributed by atoms with Crippen LogP contribution in [0.5, 0.6) is 11.5 Å². The molecule has 8 heteroatoms. The zero-order valence-electron chi connectivity index (χ0n) is 19.4. The van der Waals surface area contributed by atoms with Crippen LogP contribution in [0.1, 0.15) is 10.4 Å². The highest BCUT2D eigenvalue weighted by Gasteiger charge is 2.18. The third-order valence-corrected chi connectivity index (χ3v) is 5.39. The van der Waals surface area contributed by atoms with Gasteiger partial charge in [-0.05, 0) is 60.7 Å². The Bertz CT molecular complexity index is 1080. The fourth-order valence-electron chi connectivity index (χ4n) is 3.54. The second-order valence-electron chi connectivity index (χ2n) is 7.92. The molecule has 2 amide bonds. The number of anilines is 2. The fourth-order valence-corrected chi connectivity index (χ4v) is 3.54. The zero-order chi connectivity index (χ0) is 24.3. The van der Waals surface area contributed by atoms with E-state index in [2.05, 4.69) is 10.6 Å². The average molecular weight is 476 g/mol. The summed E-state index contributed by atoms with van der Waals surface area (Å²) in [5.41, 5.74) is 2.04. The quantitative estimate of drug-likeness (QED) is 0.435. The van der Waals surface area contributed by atoms with Crippen LogP contribution in [0.3, 0.4) is 0 Å². The highest BCUT2D eigenvalue weighted by molar-refractivity contribution is 5.96. The van der Waals surface area contributed by atoms with Crippen molar-refractivity contribution in [1.29, 1.82) is 0 Å². The third-order valence-electron chi connectivity index (χ3n) is 5.39. The van der Waals surface area contributed by atoms with Gasteiger partial charge in [0, 0.05) is 30.0 Å². The maximum Gasteiger partial charge on any atom is 0.254 e. The molecule has 0 aliphatic carbocycles.